The zero-order valence-corrected chi connectivity index (χ0v) is 7.28. The molecule has 2 nitrogen and oxygen atoms in total. The minimum atomic E-state index is 0.0868. The molecule has 0 spiro atoms. The van der Waals surface area contributed by atoms with E-state index in [9.17, 15) is 0 Å². The van der Waals surface area contributed by atoms with Crippen molar-refractivity contribution in [2.75, 3.05) is 20.2 Å². The van der Waals surface area contributed by atoms with Crippen LogP contribution < -0.4 is 5.32 Å². The lowest BCUT2D eigenvalue weighted by Crippen LogP contribution is -2.32. The Morgan fingerprint density at radius 3 is 2.40 bits per heavy atom. The Kier molecular flexibility index (Phi) is 4.65. The van der Waals surface area contributed by atoms with Crippen LogP contribution in [0.3, 0.4) is 0 Å². The van der Waals surface area contributed by atoms with Crippen LogP contribution in [-0.4, -0.2) is 25.3 Å². The summed E-state index contributed by atoms with van der Waals surface area (Å²) in [5, 5.41) is 12.1. The highest BCUT2D eigenvalue weighted by molar-refractivity contribution is 4.74. The van der Waals surface area contributed by atoms with Crippen molar-refractivity contribution >= 4 is 0 Å². The van der Waals surface area contributed by atoms with Crippen molar-refractivity contribution in [3.8, 4) is 0 Å². The molecule has 0 aliphatic heterocycles. The van der Waals surface area contributed by atoms with Crippen molar-refractivity contribution in [2.45, 2.75) is 26.7 Å². The third-order valence-electron chi connectivity index (χ3n) is 1.84. The topological polar surface area (TPSA) is 32.3 Å². The Labute approximate surface area is 63.6 Å². The van der Waals surface area contributed by atoms with Crippen molar-refractivity contribution in [1.29, 1.82) is 0 Å². The van der Waals surface area contributed by atoms with E-state index in [4.69, 9.17) is 5.11 Å². The van der Waals surface area contributed by atoms with Gasteiger partial charge >= 0.3 is 0 Å². The van der Waals surface area contributed by atoms with Gasteiger partial charge in [0.25, 0.3) is 0 Å². The van der Waals surface area contributed by atoms with Gasteiger partial charge in [-0.25, -0.2) is 0 Å². The molecular weight excluding hydrogens is 126 g/mol. The highest BCUT2D eigenvalue weighted by Gasteiger charge is 2.20. The van der Waals surface area contributed by atoms with E-state index in [0.29, 0.717) is 0 Å². The molecule has 0 aromatic heterocycles. The molecular formula is C8H19NO. The minimum Gasteiger partial charge on any atom is -0.396 e. The van der Waals surface area contributed by atoms with Gasteiger partial charge in [-0.05, 0) is 13.5 Å². The van der Waals surface area contributed by atoms with E-state index in [1.165, 1.54) is 0 Å². The molecule has 0 saturated carbocycles. The van der Waals surface area contributed by atoms with Crippen molar-refractivity contribution < 1.29 is 5.11 Å². The number of nitrogens with one attached hydrogen (secondary N) is 1. The van der Waals surface area contributed by atoms with Crippen LogP contribution in [0, 0.1) is 5.41 Å². The van der Waals surface area contributed by atoms with E-state index in [0.717, 1.165) is 19.4 Å². The van der Waals surface area contributed by atoms with E-state index in [2.05, 4.69) is 19.2 Å². The van der Waals surface area contributed by atoms with E-state index in [1.54, 1.807) is 0 Å². The largest absolute Gasteiger partial charge is 0.396 e. The molecule has 0 amide bonds. The van der Waals surface area contributed by atoms with Crippen molar-refractivity contribution in [3.05, 3.63) is 0 Å². The van der Waals surface area contributed by atoms with Gasteiger partial charge in [-0.3, -0.25) is 0 Å². The van der Waals surface area contributed by atoms with Crippen molar-refractivity contribution in [3.63, 3.8) is 0 Å². The Balaban J connectivity index is 3.69. The average molecular weight is 145 g/mol. The fourth-order valence-electron chi connectivity index (χ4n) is 1.25. The second kappa shape index (κ2) is 4.69. The summed E-state index contributed by atoms with van der Waals surface area (Å²) >= 11 is 0. The second-order valence-electron chi connectivity index (χ2n) is 3.25. The first kappa shape index (κ1) is 9.92. The van der Waals surface area contributed by atoms with Gasteiger partial charge in [0.05, 0.1) is 0 Å². The number of aliphatic hydroxyl groups is 1. The molecule has 2 N–H and O–H groups in total. The summed E-state index contributed by atoms with van der Waals surface area (Å²) in [7, 11) is 1.92. The molecule has 0 aliphatic carbocycles. The Bertz CT molecular complexity index is 77.3. The highest BCUT2D eigenvalue weighted by Crippen LogP contribution is 2.20. The Morgan fingerprint density at radius 2 is 2.10 bits per heavy atom. The highest BCUT2D eigenvalue weighted by atomic mass is 16.3. The molecule has 0 radical (unpaired) electrons. The number of hydrogen-bond acceptors (Lipinski definition) is 2. The first-order chi connectivity index (χ1) is 4.68. The number of hydrogen-bond donors (Lipinski definition) is 2. The van der Waals surface area contributed by atoms with Gasteiger partial charge in [0, 0.05) is 18.6 Å². The van der Waals surface area contributed by atoms with Crippen LogP contribution in [0.5, 0.6) is 0 Å². The fraction of sp³-hybridized carbons (Fsp3) is 1.00. The molecule has 0 heterocycles. The van der Waals surface area contributed by atoms with Crippen LogP contribution in [0.2, 0.25) is 0 Å². The smallest absolute Gasteiger partial charge is 0.0496 e. The summed E-state index contributed by atoms with van der Waals surface area (Å²) in [6.45, 7) is 5.43. The number of aliphatic hydroxyl groups excluding tert-OH is 1. The standard InChI is InChI=1S/C8H19NO/c1-4-5-8(2,7-10)6-9-3/h9-10H,4-7H2,1-3H3. The average Bonchev–Trinajstić information content (AvgIpc) is 1.89. The molecule has 0 rings (SSSR count). The maximum absolute atomic E-state index is 9.01. The second-order valence-corrected chi connectivity index (χ2v) is 3.25. The van der Waals surface area contributed by atoms with Crippen LogP contribution in [0.15, 0.2) is 0 Å². The molecule has 0 aromatic carbocycles. The fourth-order valence-corrected chi connectivity index (χ4v) is 1.25. The molecule has 2 heteroatoms. The van der Waals surface area contributed by atoms with Gasteiger partial charge in [0.15, 0.2) is 0 Å². The van der Waals surface area contributed by atoms with Gasteiger partial charge in [0.2, 0.25) is 0 Å². The van der Waals surface area contributed by atoms with Crippen LogP contribution in [0.25, 0.3) is 0 Å². The Morgan fingerprint density at radius 1 is 1.50 bits per heavy atom. The predicted octanol–water partition coefficient (Wildman–Crippen LogP) is 1.00. The van der Waals surface area contributed by atoms with Gasteiger partial charge in [0.1, 0.15) is 0 Å². The maximum Gasteiger partial charge on any atom is 0.0496 e. The number of rotatable bonds is 5. The molecule has 0 bridgehead atoms. The molecule has 0 fully saturated rings. The van der Waals surface area contributed by atoms with E-state index in [1.807, 2.05) is 7.05 Å². The van der Waals surface area contributed by atoms with Gasteiger partial charge in [-0.2, -0.15) is 0 Å². The SMILES string of the molecule is CCCC(C)(CO)CNC. The van der Waals surface area contributed by atoms with Crippen LogP contribution in [-0.2, 0) is 0 Å². The van der Waals surface area contributed by atoms with Gasteiger partial charge < -0.3 is 10.4 Å². The molecule has 1 atom stereocenters. The summed E-state index contributed by atoms with van der Waals surface area (Å²) in [4.78, 5) is 0. The molecule has 62 valence electrons. The molecule has 1 unspecified atom stereocenters. The molecule has 10 heavy (non-hydrogen) atoms. The quantitative estimate of drug-likeness (QED) is 0.605. The third kappa shape index (κ3) is 3.18. The van der Waals surface area contributed by atoms with E-state index >= 15 is 0 Å². The van der Waals surface area contributed by atoms with Gasteiger partial charge in [-0.15, -0.1) is 0 Å². The summed E-state index contributed by atoms with van der Waals surface area (Å²) in [5.41, 5.74) is 0.0868. The summed E-state index contributed by atoms with van der Waals surface area (Å²) in [6, 6.07) is 0. The normalized spacial score (nSPS) is 16.8. The van der Waals surface area contributed by atoms with Crippen LogP contribution >= 0.6 is 0 Å². The Hall–Kier alpha value is -0.0800. The first-order valence-corrected chi connectivity index (χ1v) is 3.94. The van der Waals surface area contributed by atoms with Crippen LogP contribution in [0.4, 0.5) is 0 Å². The van der Waals surface area contributed by atoms with Crippen molar-refractivity contribution in [2.24, 2.45) is 5.41 Å². The lowest BCUT2D eigenvalue weighted by Gasteiger charge is -2.26. The molecule has 0 aromatic rings. The summed E-state index contributed by atoms with van der Waals surface area (Å²) < 4.78 is 0. The van der Waals surface area contributed by atoms with Gasteiger partial charge in [-0.1, -0.05) is 20.3 Å². The molecule has 0 aliphatic rings. The van der Waals surface area contributed by atoms with E-state index in [-0.39, 0.29) is 12.0 Å². The first-order valence-electron chi connectivity index (χ1n) is 3.94. The van der Waals surface area contributed by atoms with Crippen LogP contribution in [0.1, 0.15) is 26.7 Å². The van der Waals surface area contributed by atoms with Crippen molar-refractivity contribution in [1.82, 2.24) is 5.32 Å². The monoisotopic (exact) mass is 145 g/mol. The summed E-state index contributed by atoms with van der Waals surface area (Å²) in [6.07, 6.45) is 2.23. The lowest BCUT2D eigenvalue weighted by molar-refractivity contribution is 0.132. The summed E-state index contributed by atoms with van der Waals surface area (Å²) in [5.74, 6) is 0. The lowest BCUT2D eigenvalue weighted by atomic mass is 9.87. The zero-order valence-electron chi connectivity index (χ0n) is 7.28. The minimum absolute atomic E-state index is 0.0868. The third-order valence-corrected chi connectivity index (χ3v) is 1.84. The predicted molar refractivity (Wildman–Crippen MR) is 44.0 cm³/mol. The zero-order chi connectivity index (χ0) is 8.04. The molecule has 0 saturated heterocycles. The van der Waals surface area contributed by atoms with E-state index < -0.39 is 0 Å². The maximum atomic E-state index is 9.01.